The molecule has 0 aliphatic rings. The lowest BCUT2D eigenvalue weighted by molar-refractivity contribution is 0.0648. The number of rotatable bonds is 6. The molecule has 19 heavy (non-hydrogen) atoms. The van der Waals surface area contributed by atoms with E-state index < -0.39 is 29.0 Å². The van der Waals surface area contributed by atoms with E-state index >= 15 is 0 Å². The number of aryl methyl sites for hydroxylation is 1. The summed E-state index contributed by atoms with van der Waals surface area (Å²) in [5.74, 6) is -4.29. The smallest absolute Gasteiger partial charge is 0.336 e. The molecule has 1 aromatic carbocycles. The van der Waals surface area contributed by atoms with Crippen molar-refractivity contribution in [3.8, 4) is 0 Å². The van der Waals surface area contributed by atoms with Gasteiger partial charge in [0, 0.05) is 6.61 Å². The predicted molar refractivity (Wildman–Crippen MR) is 62.7 cm³/mol. The van der Waals surface area contributed by atoms with Crippen LogP contribution in [0, 0.1) is 0 Å². The molecule has 0 aliphatic carbocycles. The molecular weight excluding hydrogens is 256 g/mol. The number of aliphatic hydroxyl groups excluding tert-OH is 1. The molecule has 1 rings (SSSR count). The highest BCUT2D eigenvalue weighted by Crippen LogP contribution is 2.20. The second kappa shape index (κ2) is 5.96. The summed E-state index contributed by atoms with van der Waals surface area (Å²) < 4.78 is 0. The average Bonchev–Trinajstić information content (AvgIpc) is 2.34. The Balaban J connectivity index is 3.50. The van der Waals surface area contributed by atoms with Gasteiger partial charge in [-0.15, -0.1) is 0 Å². The van der Waals surface area contributed by atoms with Gasteiger partial charge in [-0.25, -0.2) is 14.4 Å². The van der Waals surface area contributed by atoms with Gasteiger partial charge < -0.3 is 20.4 Å². The van der Waals surface area contributed by atoms with Crippen LogP contribution in [-0.4, -0.2) is 44.9 Å². The van der Waals surface area contributed by atoms with Crippen LogP contribution in [0.15, 0.2) is 12.1 Å². The average molecular weight is 268 g/mol. The molecule has 0 unspecified atom stereocenters. The zero-order valence-electron chi connectivity index (χ0n) is 9.79. The van der Waals surface area contributed by atoms with Gasteiger partial charge >= 0.3 is 17.9 Å². The van der Waals surface area contributed by atoms with Gasteiger partial charge in [0.05, 0.1) is 16.7 Å². The van der Waals surface area contributed by atoms with E-state index in [0.29, 0.717) is 0 Å². The number of carboxylic acid groups (broad SMARTS) is 3. The van der Waals surface area contributed by atoms with Crippen LogP contribution in [-0.2, 0) is 6.42 Å². The van der Waals surface area contributed by atoms with Crippen molar-refractivity contribution in [2.24, 2.45) is 0 Å². The van der Waals surface area contributed by atoms with Crippen molar-refractivity contribution in [3.63, 3.8) is 0 Å². The normalized spacial score (nSPS) is 10.2. The molecule has 0 aliphatic heterocycles. The summed E-state index contributed by atoms with van der Waals surface area (Å²) in [6.07, 6.45) is 0.294. The summed E-state index contributed by atoms with van der Waals surface area (Å²) in [6.45, 7) is -0.210. The number of hydrogen-bond acceptors (Lipinski definition) is 4. The molecule has 7 nitrogen and oxygen atoms in total. The summed E-state index contributed by atoms with van der Waals surface area (Å²) in [6, 6.07) is 1.93. The number of aliphatic hydroxyl groups is 1. The first-order valence-corrected chi connectivity index (χ1v) is 5.36. The maximum Gasteiger partial charge on any atom is 0.336 e. The summed E-state index contributed by atoms with van der Waals surface area (Å²) >= 11 is 0. The standard InChI is InChI=1S/C12H12O7/c13-3-1-2-6-4-7(10(14)15)5-8(11(16)17)9(6)12(18)19/h4-5,13H,1-3H2,(H,14,15)(H,16,17)(H,18,19). The zero-order chi connectivity index (χ0) is 14.6. The highest BCUT2D eigenvalue weighted by Gasteiger charge is 2.22. The third-order valence-electron chi connectivity index (χ3n) is 2.52. The predicted octanol–water partition coefficient (Wildman–Crippen LogP) is 0.706. The van der Waals surface area contributed by atoms with Gasteiger partial charge in [-0.05, 0) is 30.5 Å². The molecule has 102 valence electrons. The van der Waals surface area contributed by atoms with Crippen LogP contribution in [0.3, 0.4) is 0 Å². The Kier molecular flexibility index (Phi) is 4.60. The first kappa shape index (κ1) is 14.7. The molecule has 1 aromatic rings. The van der Waals surface area contributed by atoms with Gasteiger partial charge in [0.15, 0.2) is 0 Å². The Morgan fingerprint density at radius 1 is 0.947 bits per heavy atom. The van der Waals surface area contributed by atoms with Crippen LogP contribution in [0.25, 0.3) is 0 Å². The van der Waals surface area contributed by atoms with E-state index in [1.54, 1.807) is 0 Å². The van der Waals surface area contributed by atoms with Crippen molar-refractivity contribution in [3.05, 3.63) is 34.4 Å². The Bertz CT molecular complexity index is 533. The van der Waals surface area contributed by atoms with Crippen molar-refractivity contribution >= 4 is 17.9 Å². The van der Waals surface area contributed by atoms with Crippen LogP contribution < -0.4 is 0 Å². The van der Waals surface area contributed by atoms with E-state index in [2.05, 4.69) is 0 Å². The maximum atomic E-state index is 11.1. The van der Waals surface area contributed by atoms with E-state index in [1.165, 1.54) is 0 Å². The lowest BCUT2D eigenvalue weighted by Crippen LogP contribution is -2.14. The number of benzene rings is 1. The van der Waals surface area contributed by atoms with E-state index in [1.807, 2.05) is 0 Å². The molecule has 0 fully saturated rings. The molecule has 0 amide bonds. The highest BCUT2D eigenvalue weighted by molar-refractivity contribution is 6.04. The van der Waals surface area contributed by atoms with E-state index in [4.69, 9.17) is 20.4 Å². The van der Waals surface area contributed by atoms with Gasteiger partial charge in [0.2, 0.25) is 0 Å². The molecule has 7 heteroatoms. The second-order valence-electron chi connectivity index (χ2n) is 3.80. The minimum Gasteiger partial charge on any atom is -0.478 e. The largest absolute Gasteiger partial charge is 0.478 e. The number of carboxylic acids is 3. The van der Waals surface area contributed by atoms with Gasteiger partial charge in [-0.3, -0.25) is 0 Å². The minimum absolute atomic E-state index is 0.0823. The lowest BCUT2D eigenvalue weighted by Gasteiger charge is -2.10. The van der Waals surface area contributed by atoms with Crippen LogP contribution >= 0.6 is 0 Å². The summed E-state index contributed by atoms with van der Waals surface area (Å²) in [5, 5.41) is 35.6. The van der Waals surface area contributed by atoms with Crippen molar-refractivity contribution in [1.29, 1.82) is 0 Å². The van der Waals surface area contributed by atoms with E-state index in [9.17, 15) is 14.4 Å². The van der Waals surface area contributed by atoms with Gasteiger partial charge in [0.1, 0.15) is 0 Å². The minimum atomic E-state index is -1.51. The molecule has 0 atom stereocenters. The molecule has 0 heterocycles. The summed E-state index contributed by atoms with van der Waals surface area (Å²) in [4.78, 5) is 33.0. The number of aromatic carboxylic acids is 3. The molecule has 0 radical (unpaired) electrons. The Labute approximate surface area is 107 Å². The first-order valence-electron chi connectivity index (χ1n) is 5.36. The van der Waals surface area contributed by atoms with E-state index in [0.717, 1.165) is 12.1 Å². The van der Waals surface area contributed by atoms with E-state index in [-0.39, 0.29) is 30.6 Å². The number of hydrogen-bond donors (Lipinski definition) is 4. The third kappa shape index (κ3) is 3.29. The van der Waals surface area contributed by atoms with Crippen molar-refractivity contribution in [2.75, 3.05) is 6.61 Å². The Morgan fingerprint density at radius 2 is 1.58 bits per heavy atom. The Morgan fingerprint density at radius 3 is 2.00 bits per heavy atom. The zero-order valence-corrected chi connectivity index (χ0v) is 9.79. The molecular formula is C12H12O7. The van der Waals surface area contributed by atoms with Crippen LogP contribution in [0.2, 0.25) is 0 Å². The molecule has 0 aromatic heterocycles. The number of carbonyl (C=O) groups is 3. The fourth-order valence-corrected chi connectivity index (χ4v) is 1.71. The topological polar surface area (TPSA) is 132 Å². The SMILES string of the molecule is O=C(O)c1cc(CCCO)c(C(=O)O)c(C(=O)O)c1. The fourth-order valence-electron chi connectivity index (χ4n) is 1.71. The van der Waals surface area contributed by atoms with Gasteiger partial charge in [0.25, 0.3) is 0 Å². The summed E-state index contributed by atoms with van der Waals surface area (Å²) in [7, 11) is 0. The molecule has 4 N–H and O–H groups in total. The van der Waals surface area contributed by atoms with Crippen LogP contribution in [0.5, 0.6) is 0 Å². The first-order chi connectivity index (χ1) is 8.88. The van der Waals surface area contributed by atoms with Crippen molar-refractivity contribution < 1.29 is 34.8 Å². The van der Waals surface area contributed by atoms with Gasteiger partial charge in [-0.2, -0.15) is 0 Å². The lowest BCUT2D eigenvalue weighted by atomic mass is 9.94. The van der Waals surface area contributed by atoms with Crippen molar-refractivity contribution in [2.45, 2.75) is 12.8 Å². The summed E-state index contributed by atoms with van der Waals surface area (Å²) in [5.41, 5.74) is -1.22. The molecule has 0 saturated carbocycles. The van der Waals surface area contributed by atoms with Crippen molar-refractivity contribution in [1.82, 2.24) is 0 Å². The monoisotopic (exact) mass is 268 g/mol. The van der Waals surface area contributed by atoms with Crippen LogP contribution in [0.1, 0.15) is 43.1 Å². The maximum absolute atomic E-state index is 11.1. The van der Waals surface area contributed by atoms with Crippen LogP contribution in [0.4, 0.5) is 0 Å². The quantitative estimate of drug-likeness (QED) is 0.597. The second-order valence-corrected chi connectivity index (χ2v) is 3.80. The molecule has 0 bridgehead atoms. The molecule has 0 saturated heterocycles. The fraction of sp³-hybridized carbons (Fsp3) is 0.250. The highest BCUT2D eigenvalue weighted by atomic mass is 16.4. The molecule has 0 spiro atoms. The third-order valence-corrected chi connectivity index (χ3v) is 2.52. The van der Waals surface area contributed by atoms with Gasteiger partial charge in [-0.1, -0.05) is 0 Å². The Hall–Kier alpha value is -2.41.